The first-order chi connectivity index (χ1) is 15.5. The van der Waals surface area contributed by atoms with Gasteiger partial charge in [0.05, 0.1) is 0 Å². The third kappa shape index (κ3) is 4.43. The molecule has 0 aromatic heterocycles. The Labute approximate surface area is 188 Å². The van der Waals surface area contributed by atoms with Gasteiger partial charge < -0.3 is 0 Å². The van der Waals surface area contributed by atoms with E-state index in [4.69, 9.17) is 0 Å². The average molecular weight is 433 g/mol. The lowest BCUT2D eigenvalue weighted by molar-refractivity contribution is 0.502. The molecule has 3 aromatic carbocycles. The summed E-state index contributed by atoms with van der Waals surface area (Å²) in [5.41, 5.74) is 4.51. The zero-order chi connectivity index (χ0) is 22.7. The molecule has 0 saturated heterocycles. The molecule has 0 saturated carbocycles. The summed E-state index contributed by atoms with van der Waals surface area (Å²) in [7, 11) is 0. The van der Waals surface area contributed by atoms with Crippen molar-refractivity contribution in [3.05, 3.63) is 101 Å². The molecule has 164 valence electrons. The fourth-order valence-electron chi connectivity index (χ4n) is 4.43. The van der Waals surface area contributed by atoms with Crippen molar-refractivity contribution in [3.8, 4) is 22.3 Å². The highest BCUT2D eigenvalue weighted by atomic mass is 19.2. The summed E-state index contributed by atoms with van der Waals surface area (Å²) in [4.78, 5) is 0. The minimum atomic E-state index is -0.829. The van der Waals surface area contributed by atoms with E-state index in [1.807, 2.05) is 31.2 Å². The predicted octanol–water partition coefficient (Wildman–Crippen LogP) is 8.76. The second-order valence-electron chi connectivity index (χ2n) is 8.32. The van der Waals surface area contributed by atoms with Crippen LogP contribution in [-0.4, -0.2) is 0 Å². The van der Waals surface area contributed by atoms with Gasteiger partial charge in [0.1, 0.15) is 5.82 Å². The zero-order valence-corrected chi connectivity index (χ0v) is 18.5. The van der Waals surface area contributed by atoms with Crippen LogP contribution in [0.15, 0.2) is 72.8 Å². The summed E-state index contributed by atoms with van der Waals surface area (Å²) in [6.07, 6.45) is 9.74. The maximum absolute atomic E-state index is 14.9. The first-order valence-electron chi connectivity index (χ1n) is 11.2. The van der Waals surface area contributed by atoms with Crippen molar-refractivity contribution in [2.45, 2.75) is 39.5 Å². The van der Waals surface area contributed by atoms with Gasteiger partial charge in [0.2, 0.25) is 0 Å². The third-order valence-electron chi connectivity index (χ3n) is 6.30. The summed E-state index contributed by atoms with van der Waals surface area (Å²) < 4.78 is 43.6. The van der Waals surface area contributed by atoms with Crippen molar-refractivity contribution in [1.82, 2.24) is 0 Å². The van der Waals surface area contributed by atoms with Crippen LogP contribution in [0.1, 0.15) is 44.2 Å². The number of benzene rings is 3. The van der Waals surface area contributed by atoms with Crippen molar-refractivity contribution in [3.63, 3.8) is 0 Å². The second kappa shape index (κ2) is 9.60. The van der Waals surface area contributed by atoms with Crippen molar-refractivity contribution in [2.24, 2.45) is 5.92 Å². The van der Waals surface area contributed by atoms with Gasteiger partial charge in [-0.15, -0.1) is 0 Å². The van der Waals surface area contributed by atoms with E-state index in [-0.39, 0.29) is 11.4 Å². The van der Waals surface area contributed by atoms with E-state index in [9.17, 15) is 13.2 Å². The Morgan fingerprint density at radius 3 is 2.16 bits per heavy atom. The first kappa shape index (κ1) is 22.1. The number of halogens is 3. The molecule has 0 nitrogen and oxygen atoms in total. The lowest BCUT2D eigenvalue weighted by Crippen LogP contribution is -2.03. The monoisotopic (exact) mass is 432 g/mol. The standard InChI is InChI=1S/C29H27F3/c1-3-5-19-6-8-22(9-7-19)25-16-15-24(18-27(25)30)21-10-12-23(13-11-21)26-17-14-20(4-2)28(31)29(26)32/h3,5,8,10-19H,4,6-7,9H2,1-2H3/b5-3+. The summed E-state index contributed by atoms with van der Waals surface area (Å²) >= 11 is 0. The molecular weight excluding hydrogens is 405 g/mol. The van der Waals surface area contributed by atoms with Crippen LogP contribution in [0.5, 0.6) is 0 Å². The Balaban J connectivity index is 1.57. The average Bonchev–Trinajstić information content (AvgIpc) is 2.82. The molecule has 1 aliphatic carbocycles. The van der Waals surface area contributed by atoms with E-state index in [0.29, 0.717) is 29.0 Å². The largest absolute Gasteiger partial charge is 0.206 e. The van der Waals surface area contributed by atoms with Crippen molar-refractivity contribution < 1.29 is 13.2 Å². The third-order valence-corrected chi connectivity index (χ3v) is 6.30. The molecular formula is C29H27F3. The second-order valence-corrected chi connectivity index (χ2v) is 8.32. The van der Waals surface area contributed by atoms with Gasteiger partial charge in [0.15, 0.2) is 11.6 Å². The van der Waals surface area contributed by atoms with Crippen LogP contribution in [0.4, 0.5) is 13.2 Å². The molecule has 0 aliphatic heterocycles. The van der Waals surface area contributed by atoms with Gasteiger partial charge in [-0.2, -0.15) is 0 Å². The molecule has 0 bridgehead atoms. The van der Waals surface area contributed by atoms with Gasteiger partial charge in [0, 0.05) is 11.1 Å². The highest BCUT2D eigenvalue weighted by molar-refractivity contribution is 5.74. The minimum absolute atomic E-state index is 0.230. The van der Waals surface area contributed by atoms with E-state index in [0.717, 1.165) is 36.0 Å². The van der Waals surface area contributed by atoms with E-state index in [1.165, 1.54) is 0 Å². The number of aryl methyl sites for hydroxylation is 1. The Hall–Kier alpha value is -3.07. The van der Waals surface area contributed by atoms with Crippen LogP contribution in [-0.2, 0) is 6.42 Å². The number of hydrogen-bond acceptors (Lipinski definition) is 0. The Kier molecular flexibility index (Phi) is 6.64. The van der Waals surface area contributed by atoms with Gasteiger partial charge in [-0.05, 0) is 72.4 Å². The SMILES string of the molecule is C/C=C/C1CC=C(c2ccc(-c3ccc(-c4ccc(CC)c(F)c4F)cc3)cc2F)CC1. The topological polar surface area (TPSA) is 0 Å². The molecule has 1 unspecified atom stereocenters. The highest BCUT2D eigenvalue weighted by Crippen LogP contribution is 2.34. The molecule has 0 amide bonds. The fourth-order valence-corrected chi connectivity index (χ4v) is 4.43. The van der Waals surface area contributed by atoms with Crippen molar-refractivity contribution in [2.75, 3.05) is 0 Å². The lowest BCUT2D eigenvalue weighted by Gasteiger charge is -2.20. The normalized spacial score (nSPS) is 16.4. The summed E-state index contributed by atoms with van der Waals surface area (Å²) in [5, 5.41) is 0. The van der Waals surface area contributed by atoms with Crippen LogP contribution < -0.4 is 0 Å². The highest BCUT2D eigenvalue weighted by Gasteiger charge is 2.17. The lowest BCUT2D eigenvalue weighted by atomic mass is 9.86. The Morgan fingerprint density at radius 2 is 1.53 bits per heavy atom. The maximum atomic E-state index is 14.9. The van der Waals surface area contributed by atoms with Gasteiger partial charge >= 0.3 is 0 Å². The molecule has 3 heteroatoms. The molecule has 0 N–H and O–H groups in total. The molecule has 0 fully saturated rings. The molecule has 0 spiro atoms. The van der Waals surface area contributed by atoms with E-state index < -0.39 is 11.6 Å². The molecule has 4 rings (SSSR count). The molecule has 3 aromatic rings. The molecule has 0 radical (unpaired) electrons. The maximum Gasteiger partial charge on any atom is 0.166 e. The minimum Gasteiger partial charge on any atom is -0.206 e. The van der Waals surface area contributed by atoms with Gasteiger partial charge in [-0.25, -0.2) is 13.2 Å². The summed E-state index contributed by atoms with van der Waals surface area (Å²) in [5.74, 6) is -1.31. The number of allylic oxidation sites excluding steroid dienone is 4. The molecule has 0 heterocycles. The van der Waals surface area contributed by atoms with Crippen molar-refractivity contribution in [1.29, 1.82) is 0 Å². The first-order valence-corrected chi connectivity index (χ1v) is 11.2. The quantitative estimate of drug-likeness (QED) is 0.354. The van der Waals surface area contributed by atoms with E-state index in [2.05, 4.69) is 18.2 Å². The molecule has 1 aliphatic rings. The van der Waals surface area contributed by atoms with Gasteiger partial charge in [-0.3, -0.25) is 0 Å². The number of rotatable bonds is 5. The van der Waals surface area contributed by atoms with Crippen LogP contribution in [0.3, 0.4) is 0 Å². The van der Waals surface area contributed by atoms with Gasteiger partial charge in [-0.1, -0.05) is 73.7 Å². The summed E-state index contributed by atoms with van der Waals surface area (Å²) in [6, 6.07) is 15.7. The van der Waals surface area contributed by atoms with Crippen molar-refractivity contribution >= 4 is 5.57 Å². The number of hydrogen-bond donors (Lipinski definition) is 0. The smallest absolute Gasteiger partial charge is 0.166 e. The van der Waals surface area contributed by atoms with Crippen LogP contribution in [0, 0.1) is 23.4 Å². The molecule has 1 atom stereocenters. The molecule has 32 heavy (non-hydrogen) atoms. The Bertz CT molecular complexity index is 1170. The summed E-state index contributed by atoms with van der Waals surface area (Å²) in [6.45, 7) is 3.82. The fraction of sp³-hybridized carbons (Fsp3) is 0.241. The van der Waals surface area contributed by atoms with E-state index in [1.54, 1.807) is 37.3 Å². The van der Waals surface area contributed by atoms with E-state index >= 15 is 0 Å². The van der Waals surface area contributed by atoms with Crippen LogP contribution in [0.25, 0.3) is 27.8 Å². The Morgan fingerprint density at radius 1 is 0.844 bits per heavy atom. The van der Waals surface area contributed by atoms with Gasteiger partial charge in [0.25, 0.3) is 0 Å². The van der Waals surface area contributed by atoms with Crippen LogP contribution >= 0.6 is 0 Å². The predicted molar refractivity (Wildman–Crippen MR) is 127 cm³/mol. The zero-order valence-electron chi connectivity index (χ0n) is 18.5. The van der Waals surface area contributed by atoms with Crippen LogP contribution in [0.2, 0.25) is 0 Å².